The molecule has 0 aliphatic carbocycles. The first-order chi connectivity index (χ1) is 17.2. The molecule has 0 radical (unpaired) electrons. The summed E-state index contributed by atoms with van der Waals surface area (Å²) in [5.74, 6) is 0.743. The topological polar surface area (TPSA) is 66.9 Å². The molecule has 6 nitrogen and oxygen atoms in total. The molecule has 2 heterocycles. The fourth-order valence-corrected chi connectivity index (χ4v) is 7.12. The van der Waals surface area contributed by atoms with Gasteiger partial charge in [-0.2, -0.15) is 0 Å². The highest BCUT2D eigenvalue weighted by Crippen LogP contribution is 2.37. The number of ether oxygens (including phenoxy) is 1. The first kappa shape index (κ1) is 27.0. The summed E-state index contributed by atoms with van der Waals surface area (Å²) in [5, 5.41) is 0.670. The minimum absolute atomic E-state index is 0.0396. The number of carbonyl (C=O) groups is 1. The maximum Gasteiger partial charge on any atom is 0.223 e. The van der Waals surface area contributed by atoms with Crippen LogP contribution in [0, 0.1) is 19.3 Å². The molecule has 36 heavy (non-hydrogen) atoms. The standard InChI is InChI=1S/C28H37ClN2O4S/c1-22-8-6-9-24(16-22)19-36(33,34)31-15-7-12-28(20-31,18-27(32)30-13-4-3-5-14-30)21-35-25-10-11-26(29)23(2)17-25/h6,8-11,16-17H,3-5,7,12-15,18-21H2,1-2H3/t28-/m1/s1. The van der Waals surface area contributed by atoms with Crippen LogP contribution in [-0.2, 0) is 20.6 Å². The predicted molar refractivity (Wildman–Crippen MR) is 144 cm³/mol. The third-order valence-electron chi connectivity index (χ3n) is 7.36. The van der Waals surface area contributed by atoms with E-state index in [0.29, 0.717) is 23.7 Å². The van der Waals surface area contributed by atoms with Crippen LogP contribution in [0.4, 0.5) is 0 Å². The van der Waals surface area contributed by atoms with Crippen molar-refractivity contribution in [2.24, 2.45) is 5.41 Å². The van der Waals surface area contributed by atoms with Crippen LogP contribution in [0.3, 0.4) is 0 Å². The molecule has 2 saturated heterocycles. The fraction of sp³-hybridized carbons (Fsp3) is 0.536. The van der Waals surface area contributed by atoms with Gasteiger partial charge in [-0.15, -0.1) is 0 Å². The van der Waals surface area contributed by atoms with Crippen LogP contribution in [0.25, 0.3) is 0 Å². The number of likely N-dealkylation sites (tertiary alicyclic amines) is 1. The van der Waals surface area contributed by atoms with Gasteiger partial charge >= 0.3 is 0 Å². The molecule has 2 fully saturated rings. The molecule has 0 aromatic heterocycles. The number of benzene rings is 2. The molecule has 0 bridgehead atoms. The van der Waals surface area contributed by atoms with Crippen LogP contribution < -0.4 is 4.74 Å². The second-order valence-corrected chi connectivity index (χ2v) is 12.9. The van der Waals surface area contributed by atoms with Crippen LogP contribution >= 0.6 is 11.6 Å². The Hall–Kier alpha value is -2.09. The normalized spacial score (nSPS) is 21.4. The third-order valence-corrected chi connectivity index (χ3v) is 9.58. The minimum Gasteiger partial charge on any atom is -0.493 e. The Morgan fingerprint density at radius 3 is 2.53 bits per heavy atom. The number of hydrogen-bond donors (Lipinski definition) is 0. The van der Waals surface area contributed by atoms with Gasteiger partial charge < -0.3 is 9.64 Å². The van der Waals surface area contributed by atoms with Gasteiger partial charge in [0, 0.05) is 43.0 Å². The summed E-state index contributed by atoms with van der Waals surface area (Å²) in [6.45, 7) is 6.48. The van der Waals surface area contributed by atoms with E-state index in [2.05, 4.69) is 0 Å². The molecular weight excluding hydrogens is 496 g/mol. The van der Waals surface area contributed by atoms with E-state index in [0.717, 1.165) is 55.5 Å². The van der Waals surface area contributed by atoms with Gasteiger partial charge in [0.2, 0.25) is 15.9 Å². The molecular formula is C28H37ClN2O4S. The maximum absolute atomic E-state index is 13.5. The summed E-state index contributed by atoms with van der Waals surface area (Å²) >= 11 is 6.18. The summed E-state index contributed by atoms with van der Waals surface area (Å²) in [6, 6.07) is 13.1. The second kappa shape index (κ2) is 11.5. The lowest BCUT2D eigenvalue weighted by Crippen LogP contribution is -2.51. The summed E-state index contributed by atoms with van der Waals surface area (Å²) in [4.78, 5) is 15.3. The first-order valence-corrected chi connectivity index (χ1v) is 14.8. The van der Waals surface area contributed by atoms with E-state index in [1.54, 1.807) is 10.4 Å². The molecule has 2 aliphatic heterocycles. The van der Waals surface area contributed by atoms with Crippen molar-refractivity contribution in [1.82, 2.24) is 9.21 Å². The molecule has 2 aliphatic rings. The van der Waals surface area contributed by atoms with Gasteiger partial charge in [-0.25, -0.2) is 12.7 Å². The van der Waals surface area contributed by atoms with Crippen LogP contribution in [0.5, 0.6) is 5.75 Å². The second-order valence-electron chi connectivity index (χ2n) is 10.5. The zero-order chi connectivity index (χ0) is 25.8. The molecule has 2 aromatic rings. The monoisotopic (exact) mass is 532 g/mol. The predicted octanol–water partition coefficient (Wildman–Crippen LogP) is 5.35. The zero-order valence-electron chi connectivity index (χ0n) is 21.3. The molecule has 2 aromatic carbocycles. The van der Waals surface area contributed by atoms with Crippen molar-refractivity contribution < 1.29 is 17.9 Å². The SMILES string of the molecule is Cc1cccc(CS(=O)(=O)N2CCC[C@@](COc3ccc(Cl)c(C)c3)(CC(=O)N3CCCCC3)C2)c1. The Labute approximate surface area is 220 Å². The lowest BCUT2D eigenvalue weighted by molar-refractivity contribution is -0.136. The van der Waals surface area contributed by atoms with Crippen molar-refractivity contribution in [3.05, 3.63) is 64.2 Å². The van der Waals surface area contributed by atoms with Crippen LogP contribution in [-0.4, -0.2) is 56.3 Å². The molecule has 1 atom stereocenters. The Bertz CT molecular complexity index is 1180. The molecule has 4 rings (SSSR count). The van der Waals surface area contributed by atoms with E-state index in [-0.39, 0.29) is 31.2 Å². The maximum atomic E-state index is 13.5. The quantitative estimate of drug-likeness (QED) is 0.459. The van der Waals surface area contributed by atoms with E-state index >= 15 is 0 Å². The van der Waals surface area contributed by atoms with Crippen molar-refractivity contribution in [3.8, 4) is 5.75 Å². The number of sulfonamides is 1. The third kappa shape index (κ3) is 6.81. The van der Waals surface area contributed by atoms with Gasteiger partial charge in [-0.1, -0.05) is 41.4 Å². The number of halogens is 1. The van der Waals surface area contributed by atoms with Gasteiger partial charge in [0.05, 0.1) is 12.4 Å². The Balaban J connectivity index is 1.55. The number of piperidine rings is 2. The fourth-order valence-electron chi connectivity index (χ4n) is 5.34. The Morgan fingerprint density at radius 1 is 1.03 bits per heavy atom. The Morgan fingerprint density at radius 2 is 1.81 bits per heavy atom. The zero-order valence-corrected chi connectivity index (χ0v) is 22.9. The van der Waals surface area contributed by atoms with Crippen molar-refractivity contribution in [1.29, 1.82) is 0 Å². The number of amides is 1. The van der Waals surface area contributed by atoms with Gasteiger partial charge in [0.25, 0.3) is 0 Å². The molecule has 1 amide bonds. The van der Waals surface area contributed by atoms with Crippen molar-refractivity contribution in [3.63, 3.8) is 0 Å². The summed E-state index contributed by atoms with van der Waals surface area (Å²) in [6.07, 6.45) is 4.93. The van der Waals surface area contributed by atoms with Crippen LogP contribution in [0.2, 0.25) is 5.02 Å². The number of carbonyl (C=O) groups excluding carboxylic acids is 1. The van der Waals surface area contributed by atoms with E-state index in [1.807, 2.05) is 55.1 Å². The van der Waals surface area contributed by atoms with Crippen molar-refractivity contribution >= 4 is 27.5 Å². The lowest BCUT2D eigenvalue weighted by Gasteiger charge is -2.42. The molecule has 0 spiro atoms. The van der Waals surface area contributed by atoms with Crippen LogP contribution in [0.1, 0.15) is 55.2 Å². The molecule has 8 heteroatoms. The highest BCUT2D eigenvalue weighted by atomic mass is 35.5. The van der Waals surface area contributed by atoms with E-state index in [1.165, 1.54) is 0 Å². The lowest BCUT2D eigenvalue weighted by atomic mass is 9.78. The smallest absolute Gasteiger partial charge is 0.223 e. The number of rotatable bonds is 8. The summed E-state index contributed by atoms with van der Waals surface area (Å²) < 4.78 is 34.7. The molecule has 0 N–H and O–H groups in total. The minimum atomic E-state index is -3.54. The number of aryl methyl sites for hydroxylation is 2. The molecule has 0 unspecified atom stereocenters. The van der Waals surface area contributed by atoms with E-state index < -0.39 is 15.4 Å². The first-order valence-electron chi connectivity index (χ1n) is 12.9. The van der Waals surface area contributed by atoms with Crippen LogP contribution in [0.15, 0.2) is 42.5 Å². The largest absolute Gasteiger partial charge is 0.493 e. The molecule has 0 saturated carbocycles. The average molecular weight is 533 g/mol. The average Bonchev–Trinajstić information content (AvgIpc) is 2.85. The van der Waals surface area contributed by atoms with E-state index in [4.69, 9.17) is 16.3 Å². The van der Waals surface area contributed by atoms with Gasteiger partial charge in [0.15, 0.2) is 0 Å². The molecule has 196 valence electrons. The number of nitrogens with zero attached hydrogens (tertiary/aromatic N) is 2. The van der Waals surface area contributed by atoms with Gasteiger partial charge in [-0.3, -0.25) is 4.79 Å². The number of hydrogen-bond acceptors (Lipinski definition) is 4. The Kier molecular flexibility index (Phi) is 8.63. The van der Waals surface area contributed by atoms with Crippen molar-refractivity contribution in [2.75, 3.05) is 32.8 Å². The summed E-state index contributed by atoms with van der Waals surface area (Å²) in [5.41, 5.74) is 2.15. The van der Waals surface area contributed by atoms with Gasteiger partial charge in [-0.05, 0) is 75.3 Å². The summed E-state index contributed by atoms with van der Waals surface area (Å²) in [7, 11) is -3.54. The van der Waals surface area contributed by atoms with Gasteiger partial charge in [0.1, 0.15) is 5.75 Å². The van der Waals surface area contributed by atoms with E-state index in [9.17, 15) is 13.2 Å². The van der Waals surface area contributed by atoms with Crippen molar-refractivity contribution in [2.45, 2.75) is 58.1 Å². The highest BCUT2D eigenvalue weighted by Gasteiger charge is 2.42. The highest BCUT2D eigenvalue weighted by molar-refractivity contribution is 7.88.